The summed E-state index contributed by atoms with van der Waals surface area (Å²) in [6, 6.07) is 6.05. The van der Waals surface area contributed by atoms with Gasteiger partial charge in [-0.25, -0.2) is 0 Å². The van der Waals surface area contributed by atoms with Crippen LogP contribution in [0.5, 0.6) is 0 Å². The molecule has 1 aromatic carbocycles. The van der Waals surface area contributed by atoms with E-state index in [1.807, 2.05) is 12.1 Å². The third-order valence-corrected chi connectivity index (χ3v) is 3.09. The lowest BCUT2D eigenvalue weighted by Crippen LogP contribution is -2.29. The fourth-order valence-electron chi connectivity index (χ4n) is 2.07. The zero-order valence-electron chi connectivity index (χ0n) is 8.67. The lowest BCUT2D eigenvalue weighted by molar-refractivity contribution is 0.747. The zero-order valence-corrected chi connectivity index (χ0v) is 9.43. The quantitative estimate of drug-likeness (QED) is 0.616. The lowest BCUT2D eigenvalue weighted by atomic mass is 10.00. The van der Waals surface area contributed by atoms with E-state index >= 15 is 0 Å². The van der Waals surface area contributed by atoms with Crippen LogP contribution in [0.1, 0.15) is 12.0 Å². The normalized spacial score (nSPS) is 14.9. The van der Waals surface area contributed by atoms with Crippen molar-refractivity contribution in [2.45, 2.75) is 12.8 Å². The van der Waals surface area contributed by atoms with E-state index in [2.05, 4.69) is 17.5 Å². The van der Waals surface area contributed by atoms with Crippen LogP contribution in [0.3, 0.4) is 0 Å². The van der Waals surface area contributed by atoms with Gasteiger partial charge in [-0.2, -0.15) is 0 Å². The average Bonchev–Trinajstić information content (AvgIpc) is 2.28. The summed E-state index contributed by atoms with van der Waals surface area (Å²) in [5, 5.41) is 0. The Hall–Kier alpha value is -1.15. The summed E-state index contributed by atoms with van der Waals surface area (Å²) in [4.78, 5) is 2.14. The molecule has 0 aromatic heterocycles. The number of para-hydroxylation sites is 1. The first kappa shape index (κ1) is 10.4. The number of nitrogens with zero attached hydrogens (tertiary/aromatic N) is 1. The Bertz CT molecular complexity index is 387. The van der Waals surface area contributed by atoms with Crippen LogP contribution in [0.25, 0.3) is 0 Å². The SMILES string of the molecule is C=C(CCl)N1CCCc2cccc(N)c21. The highest BCUT2D eigenvalue weighted by molar-refractivity contribution is 6.19. The number of anilines is 2. The average molecular weight is 223 g/mol. The molecule has 1 aliphatic heterocycles. The molecular formula is C12H15ClN2. The molecule has 0 bridgehead atoms. The number of aryl methyl sites for hydroxylation is 1. The molecule has 0 spiro atoms. The van der Waals surface area contributed by atoms with Crippen LogP contribution in [-0.4, -0.2) is 12.4 Å². The molecular weight excluding hydrogens is 208 g/mol. The van der Waals surface area contributed by atoms with Crippen LogP contribution in [0.15, 0.2) is 30.5 Å². The van der Waals surface area contributed by atoms with Gasteiger partial charge in [0.25, 0.3) is 0 Å². The standard InChI is InChI=1S/C12H15ClN2/c1-9(8-13)15-7-3-5-10-4-2-6-11(14)12(10)15/h2,4,6H,1,3,5,7-8,14H2. The van der Waals surface area contributed by atoms with Crippen molar-refractivity contribution in [1.29, 1.82) is 0 Å². The summed E-state index contributed by atoms with van der Waals surface area (Å²) in [5.41, 5.74) is 10.1. The number of nitrogen functional groups attached to an aromatic ring is 1. The predicted octanol–water partition coefficient (Wildman–Crippen LogP) is 2.77. The van der Waals surface area contributed by atoms with Crippen molar-refractivity contribution in [2.24, 2.45) is 0 Å². The summed E-state index contributed by atoms with van der Waals surface area (Å²) in [7, 11) is 0. The monoisotopic (exact) mass is 222 g/mol. The molecule has 0 atom stereocenters. The molecule has 0 aliphatic carbocycles. The smallest absolute Gasteiger partial charge is 0.0674 e. The van der Waals surface area contributed by atoms with E-state index in [9.17, 15) is 0 Å². The molecule has 0 unspecified atom stereocenters. The van der Waals surface area contributed by atoms with Gasteiger partial charge in [0.2, 0.25) is 0 Å². The summed E-state index contributed by atoms with van der Waals surface area (Å²) < 4.78 is 0. The molecule has 0 saturated heterocycles. The van der Waals surface area contributed by atoms with Crippen LogP contribution in [-0.2, 0) is 6.42 Å². The summed E-state index contributed by atoms with van der Waals surface area (Å²) in [6.45, 7) is 4.94. The van der Waals surface area contributed by atoms with E-state index in [1.165, 1.54) is 5.56 Å². The maximum Gasteiger partial charge on any atom is 0.0674 e. The fourth-order valence-corrected chi connectivity index (χ4v) is 2.21. The molecule has 0 radical (unpaired) electrons. The molecule has 1 heterocycles. The highest BCUT2D eigenvalue weighted by Gasteiger charge is 2.20. The number of hydrogen-bond donors (Lipinski definition) is 1. The molecule has 2 rings (SSSR count). The van der Waals surface area contributed by atoms with Gasteiger partial charge in [-0.3, -0.25) is 0 Å². The van der Waals surface area contributed by atoms with Crippen molar-refractivity contribution in [1.82, 2.24) is 0 Å². The minimum atomic E-state index is 0.452. The van der Waals surface area contributed by atoms with Gasteiger partial charge in [0.1, 0.15) is 0 Å². The number of benzene rings is 1. The van der Waals surface area contributed by atoms with Gasteiger partial charge in [-0.1, -0.05) is 18.7 Å². The number of halogens is 1. The van der Waals surface area contributed by atoms with Crippen molar-refractivity contribution in [2.75, 3.05) is 23.1 Å². The molecule has 0 fully saturated rings. The number of fused-ring (bicyclic) bond motifs is 1. The van der Waals surface area contributed by atoms with Crippen LogP contribution < -0.4 is 10.6 Å². The number of allylic oxidation sites excluding steroid dienone is 1. The van der Waals surface area contributed by atoms with E-state index in [-0.39, 0.29) is 0 Å². The minimum absolute atomic E-state index is 0.452. The van der Waals surface area contributed by atoms with Crippen LogP contribution in [0, 0.1) is 0 Å². The summed E-state index contributed by atoms with van der Waals surface area (Å²) in [6.07, 6.45) is 2.22. The Labute approximate surface area is 95.3 Å². The van der Waals surface area contributed by atoms with Gasteiger partial charge >= 0.3 is 0 Å². The third-order valence-electron chi connectivity index (χ3n) is 2.78. The number of rotatable bonds is 2. The van der Waals surface area contributed by atoms with Gasteiger partial charge in [0.05, 0.1) is 17.3 Å². The molecule has 3 heteroatoms. The maximum atomic E-state index is 6.00. The van der Waals surface area contributed by atoms with Crippen LogP contribution in [0.2, 0.25) is 0 Å². The van der Waals surface area contributed by atoms with E-state index in [0.717, 1.165) is 36.5 Å². The molecule has 15 heavy (non-hydrogen) atoms. The van der Waals surface area contributed by atoms with Crippen LogP contribution >= 0.6 is 11.6 Å². The Morgan fingerprint density at radius 1 is 1.53 bits per heavy atom. The first-order chi connectivity index (χ1) is 7.24. The molecule has 1 aliphatic rings. The molecule has 1 aromatic rings. The van der Waals surface area contributed by atoms with E-state index in [4.69, 9.17) is 17.3 Å². The van der Waals surface area contributed by atoms with E-state index < -0.39 is 0 Å². The highest BCUT2D eigenvalue weighted by atomic mass is 35.5. The largest absolute Gasteiger partial charge is 0.397 e. The number of alkyl halides is 1. The minimum Gasteiger partial charge on any atom is -0.397 e. The van der Waals surface area contributed by atoms with Crippen molar-refractivity contribution in [3.8, 4) is 0 Å². The second-order valence-electron chi connectivity index (χ2n) is 3.81. The molecule has 0 saturated carbocycles. The Morgan fingerprint density at radius 3 is 3.07 bits per heavy atom. The topological polar surface area (TPSA) is 29.3 Å². The molecule has 2 nitrogen and oxygen atoms in total. The first-order valence-electron chi connectivity index (χ1n) is 5.12. The second kappa shape index (κ2) is 4.15. The van der Waals surface area contributed by atoms with Crippen molar-refractivity contribution >= 4 is 23.0 Å². The number of hydrogen-bond acceptors (Lipinski definition) is 2. The first-order valence-corrected chi connectivity index (χ1v) is 5.66. The Morgan fingerprint density at radius 2 is 2.33 bits per heavy atom. The maximum absolute atomic E-state index is 6.00. The van der Waals surface area contributed by atoms with Crippen molar-refractivity contribution < 1.29 is 0 Å². The zero-order chi connectivity index (χ0) is 10.8. The van der Waals surface area contributed by atoms with Crippen molar-refractivity contribution in [3.05, 3.63) is 36.0 Å². The van der Waals surface area contributed by atoms with Crippen molar-refractivity contribution in [3.63, 3.8) is 0 Å². The Kier molecular flexibility index (Phi) is 2.87. The van der Waals surface area contributed by atoms with Gasteiger partial charge in [-0.05, 0) is 24.5 Å². The second-order valence-corrected chi connectivity index (χ2v) is 4.08. The van der Waals surface area contributed by atoms with Crippen LogP contribution in [0.4, 0.5) is 11.4 Å². The van der Waals surface area contributed by atoms with E-state index in [0.29, 0.717) is 5.88 Å². The lowest BCUT2D eigenvalue weighted by Gasteiger charge is -2.33. The summed E-state index contributed by atoms with van der Waals surface area (Å²) >= 11 is 5.82. The Balaban J connectivity index is 2.45. The van der Waals surface area contributed by atoms with Gasteiger partial charge in [0, 0.05) is 12.2 Å². The van der Waals surface area contributed by atoms with Gasteiger partial charge < -0.3 is 10.6 Å². The molecule has 2 N–H and O–H groups in total. The van der Waals surface area contributed by atoms with E-state index in [1.54, 1.807) is 0 Å². The highest BCUT2D eigenvalue weighted by Crippen LogP contribution is 2.34. The fraction of sp³-hybridized carbons (Fsp3) is 0.333. The predicted molar refractivity (Wildman–Crippen MR) is 66.4 cm³/mol. The summed E-state index contributed by atoms with van der Waals surface area (Å²) in [5.74, 6) is 0.452. The van der Waals surface area contributed by atoms with Gasteiger partial charge in [-0.15, -0.1) is 11.6 Å². The molecule has 80 valence electrons. The van der Waals surface area contributed by atoms with Gasteiger partial charge in [0.15, 0.2) is 0 Å². The third kappa shape index (κ3) is 1.82. The number of nitrogens with two attached hydrogens (primary N) is 1. The molecule has 0 amide bonds.